The van der Waals surface area contributed by atoms with Crippen LogP contribution in [0, 0.1) is 5.92 Å². The third kappa shape index (κ3) is 26.2. The Bertz CT molecular complexity index is 3370. The van der Waals surface area contributed by atoms with Gasteiger partial charge in [0.05, 0.1) is 30.7 Å². The van der Waals surface area contributed by atoms with E-state index >= 15 is 0 Å². The summed E-state index contributed by atoms with van der Waals surface area (Å²) in [5, 5.41) is 28.2. The number of carbonyl (C=O) groups excluding carboxylic acids is 9. The monoisotopic (exact) mass is 1330 g/mol. The molecule has 3 aromatic carbocycles. The number of nitrogens with one attached hydrogen (secondary N) is 10. The second-order valence-corrected chi connectivity index (χ2v) is 22.6. The molecule has 0 radical (unpaired) electrons. The van der Waals surface area contributed by atoms with Crippen LogP contribution in [0.15, 0.2) is 105 Å². The van der Waals surface area contributed by atoms with E-state index in [4.69, 9.17) is 44.9 Å². The van der Waals surface area contributed by atoms with Crippen LogP contribution in [0.2, 0.25) is 0 Å². The highest BCUT2D eigenvalue weighted by Gasteiger charge is 2.30. The van der Waals surface area contributed by atoms with E-state index < -0.39 is 71.4 Å². The molecule has 3 aromatic rings. The van der Waals surface area contributed by atoms with Crippen LogP contribution in [0.1, 0.15) is 141 Å². The minimum atomic E-state index is -1.24. The second kappa shape index (κ2) is 41.4. The summed E-state index contributed by atoms with van der Waals surface area (Å²) in [4.78, 5) is 137. The third-order valence-corrected chi connectivity index (χ3v) is 15.1. The van der Waals surface area contributed by atoms with Crippen LogP contribution < -0.4 is 98.0 Å². The summed E-state index contributed by atoms with van der Waals surface area (Å²) in [6, 6.07) is 9.48. The van der Waals surface area contributed by atoms with E-state index in [0.29, 0.717) is 67.7 Å². The number of nitrogens with two attached hydrogens (primary N) is 7. The number of amidine groups is 1. The Hall–Kier alpha value is -10.4. The molecule has 30 heteroatoms. The summed E-state index contributed by atoms with van der Waals surface area (Å²) < 4.78 is 5.58. The van der Waals surface area contributed by atoms with Gasteiger partial charge in [-0.1, -0.05) is 57.4 Å². The van der Waals surface area contributed by atoms with Crippen LogP contribution in [-0.2, 0) is 35.2 Å². The molecule has 1 aliphatic rings. The summed E-state index contributed by atoms with van der Waals surface area (Å²) >= 11 is 0. The number of hydrogen-bond donors (Lipinski definition) is 17. The lowest BCUT2D eigenvalue weighted by molar-refractivity contribution is -0.127. The van der Waals surface area contributed by atoms with Crippen molar-refractivity contribution in [2.24, 2.45) is 61.0 Å². The van der Waals surface area contributed by atoms with Crippen molar-refractivity contribution in [2.75, 3.05) is 74.7 Å². The molecule has 96 heavy (non-hydrogen) atoms. The van der Waals surface area contributed by atoms with E-state index in [-0.39, 0.29) is 128 Å². The van der Waals surface area contributed by atoms with Crippen LogP contribution in [0.25, 0.3) is 0 Å². The number of allylic oxidation sites excluding steroid dienone is 3. The Morgan fingerprint density at radius 3 is 1.68 bits per heavy atom. The van der Waals surface area contributed by atoms with Gasteiger partial charge in [-0.2, -0.15) is 0 Å². The number of aliphatic imine (C=N–C) groups is 3. The van der Waals surface area contributed by atoms with Gasteiger partial charge in [-0.15, -0.1) is 0 Å². The third-order valence-electron chi connectivity index (χ3n) is 15.1. The first-order chi connectivity index (χ1) is 46.0. The van der Waals surface area contributed by atoms with Gasteiger partial charge in [0.25, 0.3) is 17.7 Å². The number of unbranched alkanes of at least 4 members (excludes halogenated alkanes) is 1. The van der Waals surface area contributed by atoms with Crippen molar-refractivity contribution < 1.29 is 47.9 Å². The molecule has 0 aromatic heterocycles. The molecule has 0 saturated heterocycles. The molecule has 0 spiro atoms. The first-order valence-electron chi connectivity index (χ1n) is 32.2. The van der Waals surface area contributed by atoms with Crippen LogP contribution in [-0.4, -0.2) is 149 Å². The van der Waals surface area contributed by atoms with E-state index in [1.807, 2.05) is 20.8 Å². The zero-order valence-corrected chi connectivity index (χ0v) is 55.8. The van der Waals surface area contributed by atoms with Crippen molar-refractivity contribution in [3.63, 3.8) is 0 Å². The first-order valence-corrected chi connectivity index (χ1v) is 32.2. The molecule has 1 unspecified atom stereocenters. The quantitative estimate of drug-likeness (QED) is 0.0220. The van der Waals surface area contributed by atoms with Gasteiger partial charge >= 0.3 is 0 Å². The number of anilines is 4. The average molecular weight is 1330 g/mol. The number of amides is 9. The van der Waals surface area contributed by atoms with Crippen molar-refractivity contribution in [3.05, 3.63) is 112 Å². The number of hydrogen-bond acceptors (Lipinski definition) is 16. The average Bonchev–Trinajstić information content (AvgIpc) is 0.892. The van der Waals surface area contributed by atoms with E-state index in [1.165, 1.54) is 31.4 Å². The van der Waals surface area contributed by atoms with Crippen LogP contribution in [0.5, 0.6) is 5.75 Å². The maximum Gasteiger partial charge on any atom is 0.255 e. The van der Waals surface area contributed by atoms with Gasteiger partial charge in [-0.05, 0) is 144 Å². The number of guanidine groups is 2. The summed E-state index contributed by atoms with van der Waals surface area (Å²) in [5.41, 5.74) is 42.6. The predicted octanol–water partition coefficient (Wildman–Crippen LogP) is 2.09. The maximum absolute atomic E-state index is 14.5. The van der Waals surface area contributed by atoms with Crippen LogP contribution in [0.3, 0.4) is 0 Å². The number of benzene rings is 3. The van der Waals surface area contributed by atoms with Crippen molar-refractivity contribution in [3.8, 4) is 5.75 Å². The lowest BCUT2D eigenvalue weighted by Gasteiger charge is -2.22. The molecular weight excluding hydrogens is 1230 g/mol. The topological polar surface area (TPSA) is 502 Å². The number of methoxy groups -OCH3 is 1. The summed E-state index contributed by atoms with van der Waals surface area (Å²) in [6.07, 6.45) is 11.5. The SMILES string of the molecule is CCCCC(=O)N[C@H](C)C(=O)Nc1ccc(NC)c(C(=O)N[C@H](CCCN=C(N)N)C(=O)Nc2ccc(OC)c(C(=O)N[C@H](CCCN=C(N)N)C(=O)NC3=CC=C(CC)C(C(=O)N[C@H](CCCN=C(N)CN)C(=O)Nc4ccc(CCC)c(C(=O)NCCCN)c4)C=C3)c2)c1. The van der Waals surface area contributed by atoms with Gasteiger partial charge in [0, 0.05) is 73.7 Å². The van der Waals surface area contributed by atoms with Gasteiger partial charge in [-0.25, -0.2) is 0 Å². The predicted molar refractivity (Wildman–Crippen MR) is 375 cm³/mol. The smallest absolute Gasteiger partial charge is 0.255 e. The highest BCUT2D eigenvalue weighted by atomic mass is 16.5. The first kappa shape index (κ1) is 78.1. The van der Waals surface area contributed by atoms with Gasteiger partial charge in [0.2, 0.25) is 35.4 Å². The Morgan fingerprint density at radius 2 is 1.12 bits per heavy atom. The minimum absolute atomic E-state index is 0.0210. The molecule has 4 rings (SSSR count). The number of carbonyl (C=O) groups is 9. The number of ether oxygens (including phenoxy) is 1. The molecule has 0 heterocycles. The molecule has 0 bridgehead atoms. The van der Waals surface area contributed by atoms with Gasteiger partial charge in [-0.3, -0.25) is 58.1 Å². The molecule has 0 aliphatic heterocycles. The molecule has 522 valence electrons. The van der Waals surface area contributed by atoms with Crippen molar-refractivity contribution in [2.45, 2.75) is 135 Å². The molecule has 1 aliphatic carbocycles. The lowest BCUT2D eigenvalue weighted by Crippen LogP contribution is -2.46. The number of rotatable bonds is 40. The van der Waals surface area contributed by atoms with Gasteiger partial charge in [0.1, 0.15) is 35.8 Å². The molecule has 0 fully saturated rings. The molecular formula is C66H98N20O10. The van der Waals surface area contributed by atoms with E-state index in [0.717, 1.165) is 18.4 Å². The van der Waals surface area contributed by atoms with E-state index in [9.17, 15) is 43.2 Å². The molecule has 0 saturated carbocycles. The Labute approximate surface area is 560 Å². The molecule has 5 atom stereocenters. The van der Waals surface area contributed by atoms with E-state index in [1.54, 1.807) is 68.6 Å². The standard InChI is InChI=1S/C66H98N20O10/c1-7-10-19-56(87)79-39(4)57(88)81-44-25-28-50(74-5)48(36-44)60(91)85-53(18-13-33-78-66(72)73)64(95)83-45-26-29-54(96-6)49(37-45)61(92)86-51(17-12-32-77-65(70)71)62(93)80-42-22-20-40(9-3)46(27-24-42)59(90)84-52(16-11-31-75-55(69)38-68)63(94)82-43-23-21-41(15-8-2)47(35-43)58(89)76-34-14-30-67/h20-29,35-37,39,46,51-53,74H,7-19,30-34,38,67-68H2,1-6H3,(H2,69,75)(H,76,89)(H,79,87)(H,80,93)(H,81,88)(H,82,94)(H,83,95)(H,84,90)(H,85,91)(H,86,92)(H4,70,71,77)(H4,72,73,78)/t39-,46?,51-,52-,53-/m1/s1. The van der Waals surface area contributed by atoms with Gasteiger partial charge < -0.3 is 98.0 Å². The molecule has 9 amide bonds. The fourth-order valence-corrected chi connectivity index (χ4v) is 9.88. The maximum atomic E-state index is 14.5. The Morgan fingerprint density at radius 1 is 0.583 bits per heavy atom. The minimum Gasteiger partial charge on any atom is -0.496 e. The fourth-order valence-electron chi connectivity index (χ4n) is 9.88. The summed E-state index contributed by atoms with van der Waals surface area (Å²) in [6.45, 7) is 8.60. The van der Waals surface area contributed by atoms with Crippen molar-refractivity contribution >= 4 is 93.7 Å². The zero-order chi connectivity index (χ0) is 70.7. The highest BCUT2D eigenvalue weighted by Crippen LogP contribution is 2.27. The normalized spacial score (nSPS) is 13.8. The van der Waals surface area contributed by atoms with Crippen LogP contribution >= 0.6 is 0 Å². The largest absolute Gasteiger partial charge is 0.496 e. The molecule has 30 nitrogen and oxygen atoms in total. The second-order valence-electron chi connectivity index (χ2n) is 22.6. The van der Waals surface area contributed by atoms with Crippen molar-refractivity contribution in [1.82, 2.24) is 31.9 Å². The summed E-state index contributed by atoms with van der Waals surface area (Å²) in [7, 11) is 2.92. The lowest BCUT2D eigenvalue weighted by atomic mass is 9.95. The van der Waals surface area contributed by atoms with E-state index in [2.05, 4.69) is 68.1 Å². The summed E-state index contributed by atoms with van der Waals surface area (Å²) in [5.74, 6) is -5.97. The molecule has 24 N–H and O–H groups in total. The number of nitrogens with zero attached hydrogens (tertiary/aromatic N) is 3. The Kier molecular flexibility index (Phi) is 33.6. The number of aryl methyl sites for hydroxylation is 1. The van der Waals surface area contributed by atoms with Crippen molar-refractivity contribution in [1.29, 1.82) is 0 Å². The van der Waals surface area contributed by atoms with Gasteiger partial charge in [0.15, 0.2) is 11.9 Å². The zero-order valence-electron chi connectivity index (χ0n) is 55.8. The van der Waals surface area contributed by atoms with Crippen LogP contribution in [0.4, 0.5) is 22.7 Å². The fraction of sp³-hybridized carbons (Fsp3) is 0.455. The highest BCUT2D eigenvalue weighted by molar-refractivity contribution is 6.07. The Balaban J connectivity index is 1.58.